The molecular formula is C20H29NO3. The van der Waals surface area contributed by atoms with E-state index in [1.807, 2.05) is 24.3 Å². The van der Waals surface area contributed by atoms with Crippen molar-refractivity contribution >= 4 is 12.0 Å². The number of ether oxygens (including phenoxy) is 2. The highest BCUT2D eigenvalue weighted by molar-refractivity contribution is 5.87. The SMILES string of the molecule is COc1ccc(C=CC(=O)OC2CC(C)(C)N(C)C(C)(C)C2)cc1. The molecule has 0 atom stereocenters. The molecule has 24 heavy (non-hydrogen) atoms. The molecule has 4 nitrogen and oxygen atoms in total. The van der Waals surface area contributed by atoms with Gasteiger partial charge in [0.1, 0.15) is 11.9 Å². The van der Waals surface area contributed by atoms with Crippen LogP contribution in [-0.4, -0.2) is 42.2 Å². The van der Waals surface area contributed by atoms with Crippen LogP contribution in [0.5, 0.6) is 5.75 Å². The van der Waals surface area contributed by atoms with Gasteiger partial charge >= 0.3 is 5.97 Å². The van der Waals surface area contributed by atoms with Crippen molar-refractivity contribution in [2.75, 3.05) is 14.2 Å². The number of piperidine rings is 1. The summed E-state index contributed by atoms with van der Waals surface area (Å²) < 4.78 is 10.8. The molecule has 0 bridgehead atoms. The van der Waals surface area contributed by atoms with Crippen LogP contribution < -0.4 is 4.74 Å². The normalized spacial score (nSPS) is 20.9. The van der Waals surface area contributed by atoms with Crippen LogP contribution >= 0.6 is 0 Å². The molecule has 132 valence electrons. The summed E-state index contributed by atoms with van der Waals surface area (Å²) in [4.78, 5) is 14.5. The van der Waals surface area contributed by atoms with Crippen LogP contribution in [0, 0.1) is 0 Å². The number of rotatable bonds is 4. The molecule has 0 N–H and O–H groups in total. The van der Waals surface area contributed by atoms with Gasteiger partial charge in [-0.3, -0.25) is 4.90 Å². The summed E-state index contributed by atoms with van der Waals surface area (Å²) in [6, 6.07) is 7.55. The van der Waals surface area contributed by atoms with E-state index in [0.29, 0.717) is 0 Å². The van der Waals surface area contributed by atoms with Crippen LogP contribution in [0.2, 0.25) is 0 Å². The summed E-state index contributed by atoms with van der Waals surface area (Å²) in [5, 5.41) is 0. The fourth-order valence-electron chi connectivity index (χ4n) is 3.45. The second-order valence-electron chi connectivity index (χ2n) is 7.76. The van der Waals surface area contributed by atoms with E-state index < -0.39 is 0 Å². The molecule has 1 aromatic rings. The fraction of sp³-hybridized carbons (Fsp3) is 0.550. The zero-order valence-electron chi connectivity index (χ0n) is 15.6. The van der Waals surface area contributed by atoms with Gasteiger partial charge in [0, 0.05) is 30.0 Å². The third-order valence-corrected chi connectivity index (χ3v) is 5.08. The topological polar surface area (TPSA) is 38.8 Å². The molecule has 0 aromatic heterocycles. The Bertz CT molecular complexity index is 584. The molecule has 1 fully saturated rings. The molecule has 0 radical (unpaired) electrons. The number of nitrogens with zero attached hydrogens (tertiary/aromatic N) is 1. The average molecular weight is 331 g/mol. The van der Waals surface area contributed by atoms with Crippen LogP contribution in [0.4, 0.5) is 0 Å². The minimum Gasteiger partial charge on any atom is -0.497 e. The maximum Gasteiger partial charge on any atom is 0.331 e. The lowest BCUT2D eigenvalue weighted by molar-refractivity contribution is -0.152. The molecule has 4 heteroatoms. The second-order valence-corrected chi connectivity index (χ2v) is 7.76. The Kier molecular flexibility index (Phi) is 5.38. The van der Waals surface area contributed by atoms with E-state index in [1.54, 1.807) is 13.2 Å². The number of esters is 1. The maximum absolute atomic E-state index is 12.2. The predicted octanol–water partition coefficient (Wildman–Crippen LogP) is 3.90. The zero-order valence-corrected chi connectivity index (χ0v) is 15.6. The Morgan fingerprint density at radius 1 is 1.12 bits per heavy atom. The molecule has 1 saturated heterocycles. The number of benzene rings is 1. The summed E-state index contributed by atoms with van der Waals surface area (Å²) in [6.45, 7) is 8.79. The molecule has 0 amide bonds. The Balaban J connectivity index is 1.97. The number of methoxy groups -OCH3 is 1. The van der Waals surface area contributed by atoms with Crippen molar-refractivity contribution in [2.24, 2.45) is 0 Å². The van der Waals surface area contributed by atoms with Crippen LogP contribution in [0.15, 0.2) is 30.3 Å². The minimum absolute atomic E-state index is 0.00634. The van der Waals surface area contributed by atoms with Crippen LogP contribution in [0.1, 0.15) is 46.1 Å². The predicted molar refractivity (Wildman–Crippen MR) is 97.1 cm³/mol. The quantitative estimate of drug-likeness (QED) is 0.619. The minimum atomic E-state index is -0.285. The fourth-order valence-corrected chi connectivity index (χ4v) is 3.45. The van der Waals surface area contributed by atoms with E-state index in [4.69, 9.17) is 9.47 Å². The van der Waals surface area contributed by atoms with Crippen LogP contribution in [-0.2, 0) is 9.53 Å². The first-order chi connectivity index (χ1) is 11.1. The van der Waals surface area contributed by atoms with Gasteiger partial charge in [-0.1, -0.05) is 12.1 Å². The number of likely N-dealkylation sites (tertiary alicyclic amines) is 1. The van der Waals surface area contributed by atoms with Gasteiger partial charge in [0.25, 0.3) is 0 Å². The van der Waals surface area contributed by atoms with Gasteiger partial charge in [0.05, 0.1) is 7.11 Å². The highest BCUT2D eigenvalue weighted by atomic mass is 16.5. The van der Waals surface area contributed by atoms with Crippen LogP contribution in [0.3, 0.4) is 0 Å². The molecule has 1 aromatic carbocycles. The highest BCUT2D eigenvalue weighted by Gasteiger charge is 2.44. The largest absolute Gasteiger partial charge is 0.497 e. The van der Waals surface area contributed by atoms with Crippen LogP contribution in [0.25, 0.3) is 6.08 Å². The number of hydrogen-bond donors (Lipinski definition) is 0. The van der Waals surface area contributed by atoms with Gasteiger partial charge < -0.3 is 9.47 Å². The van der Waals surface area contributed by atoms with Gasteiger partial charge in [0.15, 0.2) is 0 Å². The monoisotopic (exact) mass is 331 g/mol. The van der Waals surface area contributed by atoms with E-state index in [-0.39, 0.29) is 23.2 Å². The van der Waals surface area contributed by atoms with Crippen molar-refractivity contribution in [1.29, 1.82) is 0 Å². The first-order valence-corrected chi connectivity index (χ1v) is 8.41. The van der Waals surface area contributed by atoms with E-state index in [0.717, 1.165) is 24.2 Å². The molecular weight excluding hydrogens is 302 g/mol. The number of hydrogen-bond acceptors (Lipinski definition) is 4. The molecule has 1 aliphatic heterocycles. The Hall–Kier alpha value is -1.81. The van der Waals surface area contributed by atoms with Crippen molar-refractivity contribution in [3.8, 4) is 5.75 Å². The second kappa shape index (κ2) is 6.98. The number of carbonyl (C=O) groups is 1. The van der Waals surface area contributed by atoms with Gasteiger partial charge in [-0.15, -0.1) is 0 Å². The van der Waals surface area contributed by atoms with Crippen molar-refractivity contribution in [2.45, 2.75) is 57.7 Å². The molecule has 1 aliphatic rings. The Morgan fingerprint density at radius 2 is 1.67 bits per heavy atom. The Labute approximate surface area is 145 Å². The van der Waals surface area contributed by atoms with Gasteiger partial charge in [-0.25, -0.2) is 4.79 Å². The van der Waals surface area contributed by atoms with E-state index >= 15 is 0 Å². The summed E-state index contributed by atoms with van der Waals surface area (Å²) in [5.41, 5.74) is 0.954. The standard InChI is InChI=1S/C20H29NO3/c1-19(2)13-17(14-20(3,4)21(19)5)24-18(22)12-9-15-7-10-16(23-6)11-8-15/h7-12,17H,13-14H2,1-6H3. The van der Waals surface area contributed by atoms with Crippen molar-refractivity contribution in [3.05, 3.63) is 35.9 Å². The summed E-state index contributed by atoms with van der Waals surface area (Å²) in [7, 11) is 3.77. The lowest BCUT2D eigenvalue weighted by atomic mass is 9.79. The first kappa shape index (κ1) is 18.5. The molecule has 0 spiro atoms. The third kappa shape index (κ3) is 4.38. The Morgan fingerprint density at radius 3 is 2.17 bits per heavy atom. The van der Waals surface area contributed by atoms with Crippen molar-refractivity contribution in [1.82, 2.24) is 4.90 Å². The lowest BCUT2D eigenvalue weighted by Gasteiger charge is -2.53. The number of carbonyl (C=O) groups excluding carboxylic acids is 1. The third-order valence-electron chi connectivity index (χ3n) is 5.08. The summed E-state index contributed by atoms with van der Waals surface area (Å²) >= 11 is 0. The summed E-state index contributed by atoms with van der Waals surface area (Å²) in [6.07, 6.45) is 4.90. The van der Waals surface area contributed by atoms with Gasteiger partial charge in [-0.05, 0) is 58.5 Å². The van der Waals surface area contributed by atoms with Crippen molar-refractivity contribution < 1.29 is 14.3 Å². The average Bonchev–Trinajstić information content (AvgIpc) is 2.50. The highest BCUT2D eigenvalue weighted by Crippen LogP contribution is 2.38. The van der Waals surface area contributed by atoms with E-state index in [2.05, 4.69) is 39.6 Å². The molecule has 1 heterocycles. The van der Waals surface area contributed by atoms with E-state index in [1.165, 1.54) is 6.08 Å². The van der Waals surface area contributed by atoms with Gasteiger partial charge in [-0.2, -0.15) is 0 Å². The lowest BCUT2D eigenvalue weighted by Crippen LogP contribution is -2.60. The zero-order chi connectivity index (χ0) is 18.0. The maximum atomic E-state index is 12.2. The van der Waals surface area contributed by atoms with E-state index in [9.17, 15) is 4.79 Å². The summed E-state index contributed by atoms with van der Waals surface area (Å²) in [5.74, 6) is 0.512. The molecule has 0 unspecified atom stereocenters. The molecule has 2 rings (SSSR count). The molecule has 0 saturated carbocycles. The smallest absolute Gasteiger partial charge is 0.331 e. The van der Waals surface area contributed by atoms with Crippen molar-refractivity contribution in [3.63, 3.8) is 0 Å². The molecule has 0 aliphatic carbocycles. The van der Waals surface area contributed by atoms with Gasteiger partial charge in [0.2, 0.25) is 0 Å². The first-order valence-electron chi connectivity index (χ1n) is 8.41.